The Bertz CT molecular complexity index is 565. The van der Waals surface area contributed by atoms with Gasteiger partial charge < -0.3 is 9.64 Å². The second-order valence-corrected chi connectivity index (χ2v) is 5.34. The van der Waals surface area contributed by atoms with Gasteiger partial charge in [-0.25, -0.2) is 13.2 Å². The molecule has 0 atom stereocenters. The predicted octanol–water partition coefficient (Wildman–Crippen LogP) is 3.02. The Hall–Kier alpha value is -1.70. The number of halogens is 5. The van der Waals surface area contributed by atoms with Crippen LogP contribution in [0.25, 0.3) is 0 Å². The molecule has 23 heavy (non-hydrogen) atoms. The molecule has 1 aliphatic rings. The quantitative estimate of drug-likeness (QED) is 0.590. The maximum Gasteiger partial charge on any atom is 0.330 e. The third kappa shape index (κ3) is 4.63. The molecule has 2 rings (SSSR count). The first-order valence-corrected chi connectivity index (χ1v) is 7.08. The highest BCUT2D eigenvalue weighted by atomic mass is 19.3. The van der Waals surface area contributed by atoms with Crippen LogP contribution < -0.4 is 0 Å². The molecule has 0 aromatic heterocycles. The van der Waals surface area contributed by atoms with Crippen molar-refractivity contribution in [2.24, 2.45) is 0 Å². The highest BCUT2D eigenvalue weighted by molar-refractivity contribution is 5.76. The van der Waals surface area contributed by atoms with Crippen molar-refractivity contribution in [2.75, 3.05) is 19.8 Å². The van der Waals surface area contributed by atoms with E-state index in [0.717, 1.165) is 5.56 Å². The summed E-state index contributed by atoms with van der Waals surface area (Å²) in [7, 11) is 0. The number of amides is 1. The smallest absolute Gasteiger partial charge is 0.330 e. The first kappa shape index (κ1) is 17.7. The third-order valence-electron chi connectivity index (χ3n) is 3.61. The van der Waals surface area contributed by atoms with Crippen LogP contribution in [0.2, 0.25) is 0 Å². The lowest BCUT2D eigenvalue weighted by atomic mass is 9.99. The van der Waals surface area contributed by atoms with E-state index in [4.69, 9.17) is 0 Å². The minimum Gasteiger partial charge on any atom is -0.374 e. The zero-order valence-electron chi connectivity index (χ0n) is 12.2. The minimum atomic E-state index is -4.22. The number of benzene rings is 1. The fourth-order valence-corrected chi connectivity index (χ4v) is 2.33. The van der Waals surface area contributed by atoms with E-state index >= 15 is 0 Å². The lowest BCUT2D eigenvalue weighted by Crippen LogP contribution is -2.37. The van der Waals surface area contributed by atoms with Gasteiger partial charge in [0.25, 0.3) is 0 Å². The summed E-state index contributed by atoms with van der Waals surface area (Å²) in [4.78, 5) is 13.4. The molecule has 0 saturated carbocycles. The van der Waals surface area contributed by atoms with E-state index in [0.29, 0.717) is 18.5 Å². The molecule has 1 aromatic carbocycles. The summed E-state index contributed by atoms with van der Waals surface area (Å²) >= 11 is 0. The third-order valence-corrected chi connectivity index (χ3v) is 3.61. The molecule has 1 amide bonds. The molecule has 3 nitrogen and oxygen atoms in total. The van der Waals surface area contributed by atoms with E-state index in [-0.39, 0.29) is 25.5 Å². The molecule has 0 bridgehead atoms. The number of nitrogens with zero attached hydrogens (tertiary/aromatic N) is 1. The van der Waals surface area contributed by atoms with E-state index in [1.165, 1.54) is 17.0 Å². The first-order chi connectivity index (χ1) is 10.8. The lowest BCUT2D eigenvalue weighted by Gasteiger charge is -2.29. The van der Waals surface area contributed by atoms with Crippen molar-refractivity contribution in [3.05, 3.63) is 35.1 Å². The maximum absolute atomic E-state index is 13.2. The van der Waals surface area contributed by atoms with Crippen molar-refractivity contribution in [1.29, 1.82) is 0 Å². The monoisotopic (exact) mass is 337 g/mol. The van der Waals surface area contributed by atoms with Gasteiger partial charge in [-0.3, -0.25) is 4.79 Å². The van der Waals surface area contributed by atoms with E-state index < -0.39 is 24.8 Å². The van der Waals surface area contributed by atoms with Crippen molar-refractivity contribution in [3.63, 3.8) is 0 Å². The van der Waals surface area contributed by atoms with Gasteiger partial charge in [0.1, 0.15) is 12.4 Å². The summed E-state index contributed by atoms with van der Waals surface area (Å²) in [5.41, 5.74) is 1.66. The standard InChI is InChI=1S/C15H16F5NO2/c16-12-2-1-10-3-5-21(8-11(10)7-12)13(22)4-6-23-9-15(19,20)14(17)18/h1-2,7,14H,3-6,8-9H2. The van der Waals surface area contributed by atoms with E-state index in [1.54, 1.807) is 6.07 Å². The summed E-state index contributed by atoms with van der Waals surface area (Å²) in [6.07, 6.45) is -3.41. The molecule has 0 saturated heterocycles. The summed E-state index contributed by atoms with van der Waals surface area (Å²) in [5, 5.41) is 0. The largest absolute Gasteiger partial charge is 0.374 e. The number of alkyl halides is 4. The van der Waals surface area contributed by atoms with Gasteiger partial charge in [-0.1, -0.05) is 6.07 Å². The average molecular weight is 337 g/mol. The van der Waals surface area contributed by atoms with Crippen molar-refractivity contribution in [2.45, 2.75) is 31.7 Å². The highest BCUT2D eigenvalue weighted by Crippen LogP contribution is 2.23. The van der Waals surface area contributed by atoms with Gasteiger partial charge >= 0.3 is 12.3 Å². The fourth-order valence-electron chi connectivity index (χ4n) is 2.33. The SMILES string of the molecule is O=C(CCOCC(F)(F)C(F)F)N1CCc2ccc(F)cc2C1. The first-order valence-electron chi connectivity index (χ1n) is 7.08. The summed E-state index contributed by atoms with van der Waals surface area (Å²) < 4.78 is 66.8. The normalized spacial score (nSPS) is 15.0. The Kier molecular flexibility index (Phi) is 5.56. The van der Waals surface area contributed by atoms with Crippen molar-refractivity contribution >= 4 is 5.91 Å². The van der Waals surface area contributed by atoms with Crippen LogP contribution in [0.3, 0.4) is 0 Å². The Balaban J connectivity index is 1.79. The molecule has 8 heteroatoms. The predicted molar refractivity (Wildman–Crippen MR) is 71.9 cm³/mol. The molecule has 1 aliphatic heterocycles. The maximum atomic E-state index is 13.2. The van der Waals surface area contributed by atoms with E-state index in [2.05, 4.69) is 4.74 Å². The van der Waals surface area contributed by atoms with E-state index in [1.807, 2.05) is 0 Å². The van der Waals surface area contributed by atoms with Crippen LogP contribution in [0.4, 0.5) is 22.0 Å². The van der Waals surface area contributed by atoms with Crippen LogP contribution >= 0.6 is 0 Å². The molecule has 1 heterocycles. The Morgan fingerprint density at radius 3 is 2.74 bits per heavy atom. The molecular formula is C15H16F5NO2. The van der Waals surface area contributed by atoms with Gasteiger partial charge in [-0.05, 0) is 29.7 Å². The van der Waals surface area contributed by atoms with Crippen LogP contribution in [0.15, 0.2) is 18.2 Å². The van der Waals surface area contributed by atoms with Crippen molar-refractivity contribution in [3.8, 4) is 0 Å². The van der Waals surface area contributed by atoms with Crippen LogP contribution in [-0.4, -0.2) is 42.9 Å². The lowest BCUT2D eigenvalue weighted by molar-refractivity contribution is -0.167. The Morgan fingerprint density at radius 2 is 2.04 bits per heavy atom. The van der Waals surface area contributed by atoms with Crippen molar-refractivity contribution in [1.82, 2.24) is 4.90 Å². The number of fused-ring (bicyclic) bond motifs is 1. The molecule has 0 unspecified atom stereocenters. The highest BCUT2D eigenvalue weighted by Gasteiger charge is 2.40. The second-order valence-electron chi connectivity index (χ2n) is 5.34. The zero-order valence-corrected chi connectivity index (χ0v) is 12.2. The number of rotatable bonds is 6. The Labute approximate surface area is 130 Å². The van der Waals surface area contributed by atoms with Gasteiger partial charge in [0.2, 0.25) is 5.91 Å². The number of carbonyl (C=O) groups is 1. The van der Waals surface area contributed by atoms with Gasteiger partial charge in [-0.2, -0.15) is 8.78 Å². The van der Waals surface area contributed by atoms with Gasteiger partial charge in [0, 0.05) is 13.1 Å². The molecule has 1 aromatic rings. The second kappa shape index (κ2) is 7.25. The summed E-state index contributed by atoms with van der Waals surface area (Å²) in [5.74, 6) is -4.96. The minimum absolute atomic E-state index is 0.191. The number of hydrogen-bond acceptors (Lipinski definition) is 2. The fraction of sp³-hybridized carbons (Fsp3) is 0.533. The molecular weight excluding hydrogens is 321 g/mol. The average Bonchev–Trinajstić information content (AvgIpc) is 2.50. The van der Waals surface area contributed by atoms with Crippen molar-refractivity contribution < 1.29 is 31.5 Å². The molecule has 0 fully saturated rings. The number of carbonyl (C=O) groups excluding carboxylic acids is 1. The molecule has 128 valence electrons. The van der Waals surface area contributed by atoms with Gasteiger partial charge in [0.05, 0.1) is 13.0 Å². The van der Waals surface area contributed by atoms with Gasteiger partial charge in [0.15, 0.2) is 0 Å². The van der Waals surface area contributed by atoms with Crippen LogP contribution in [0, 0.1) is 5.82 Å². The zero-order chi connectivity index (χ0) is 17.0. The summed E-state index contributed by atoms with van der Waals surface area (Å²) in [6.45, 7) is -1.12. The molecule has 0 spiro atoms. The molecule has 0 N–H and O–H groups in total. The van der Waals surface area contributed by atoms with E-state index in [9.17, 15) is 26.7 Å². The topological polar surface area (TPSA) is 29.5 Å². The number of hydrogen-bond donors (Lipinski definition) is 0. The summed E-state index contributed by atoms with van der Waals surface area (Å²) in [6, 6.07) is 4.38. The molecule has 0 aliphatic carbocycles. The Morgan fingerprint density at radius 1 is 1.30 bits per heavy atom. The van der Waals surface area contributed by atoms with Crippen LogP contribution in [-0.2, 0) is 22.5 Å². The molecule has 0 radical (unpaired) electrons. The number of ether oxygens (including phenoxy) is 1. The van der Waals surface area contributed by atoms with Crippen LogP contribution in [0.1, 0.15) is 17.5 Å². The van der Waals surface area contributed by atoms with Gasteiger partial charge in [-0.15, -0.1) is 0 Å². The van der Waals surface area contributed by atoms with Crippen LogP contribution in [0.5, 0.6) is 0 Å².